The lowest BCUT2D eigenvalue weighted by Crippen LogP contribution is -2.02. The van der Waals surface area contributed by atoms with Crippen molar-refractivity contribution in [2.75, 3.05) is 0 Å². The lowest BCUT2D eigenvalue weighted by molar-refractivity contribution is 1.06. The Morgan fingerprint density at radius 1 is 0.286 bits per heavy atom. The van der Waals surface area contributed by atoms with Crippen LogP contribution >= 0.6 is 0 Å². The molecule has 11 aromatic rings. The molecule has 7 aromatic carbocycles. The van der Waals surface area contributed by atoms with E-state index >= 15 is 0 Å². The second kappa shape index (κ2) is 13.0. The van der Waals surface area contributed by atoms with Gasteiger partial charge in [0.25, 0.3) is 0 Å². The zero-order chi connectivity index (χ0) is 37.0. The van der Waals surface area contributed by atoms with Crippen LogP contribution in [0.15, 0.2) is 194 Å². The maximum atomic E-state index is 5.08. The van der Waals surface area contributed by atoms with Crippen molar-refractivity contribution in [1.29, 1.82) is 0 Å². The number of pyridine rings is 1. The molecule has 4 heterocycles. The smallest absolute Gasteiger partial charge is 0.165 e. The monoisotopic (exact) mass is 716 g/mol. The van der Waals surface area contributed by atoms with Crippen LogP contribution in [0.2, 0.25) is 0 Å². The summed E-state index contributed by atoms with van der Waals surface area (Å²) >= 11 is 0. The van der Waals surface area contributed by atoms with E-state index in [1.807, 2.05) is 48.8 Å². The summed E-state index contributed by atoms with van der Waals surface area (Å²) in [7, 11) is 0. The van der Waals surface area contributed by atoms with Gasteiger partial charge < -0.3 is 9.13 Å². The van der Waals surface area contributed by atoms with Gasteiger partial charge >= 0.3 is 0 Å². The maximum absolute atomic E-state index is 5.08. The first-order chi connectivity index (χ1) is 27.8. The van der Waals surface area contributed by atoms with Crippen molar-refractivity contribution in [2.24, 2.45) is 0 Å². The molecule has 0 aliphatic rings. The summed E-state index contributed by atoms with van der Waals surface area (Å²) in [4.78, 5) is 19.9. The zero-order valence-electron chi connectivity index (χ0n) is 30.2. The standard InChI is InChI=1S/C50H32N6/c1-4-14-33(15-5-1)34-24-26-36(27-25-34)49-52-48(35-16-6-2-7-17-35)53-50(54-49)37-28-39(32-51-31-37)56-45-23-13-11-21-41(45)43-29-42-40-20-10-12-22-44(40)55(46(42)30-47(43)56)38-18-8-3-9-19-38/h1-32H. The van der Waals surface area contributed by atoms with Crippen molar-refractivity contribution in [3.63, 3.8) is 0 Å². The number of fused-ring (bicyclic) bond motifs is 6. The van der Waals surface area contributed by atoms with Gasteiger partial charge in [-0.15, -0.1) is 0 Å². The molecule has 0 fully saturated rings. The van der Waals surface area contributed by atoms with E-state index in [4.69, 9.17) is 19.9 Å². The normalized spacial score (nSPS) is 11.6. The Bertz CT molecular complexity index is 3220. The average molecular weight is 717 g/mol. The van der Waals surface area contributed by atoms with Crippen molar-refractivity contribution in [1.82, 2.24) is 29.1 Å². The predicted molar refractivity (Wildman–Crippen MR) is 228 cm³/mol. The Kier molecular flexibility index (Phi) is 7.38. The molecule has 0 aliphatic carbocycles. The SMILES string of the molecule is c1ccc(-c2ccc(-c3nc(-c4ccccc4)nc(-c4cncc(-n5c6ccccc6c6cc7c8ccccc8n(-c8ccccc8)c7cc65)c4)n3)cc2)cc1. The first-order valence-corrected chi connectivity index (χ1v) is 18.7. The minimum Gasteiger partial charge on any atom is -0.309 e. The van der Waals surface area contributed by atoms with E-state index in [0.717, 1.165) is 55.7 Å². The lowest BCUT2D eigenvalue weighted by atomic mass is 10.0. The summed E-state index contributed by atoms with van der Waals surface area (Å²) in [6.07, 6.45) is 3.77. The Morgan fingerprint density at radius 3 is 1.34 bits per heavy atom. The van der Waals surface area contributed by atoms with Gasteiger partial charge in [-0.1, -0.05) is 140 Å². The van der Waals surface area contributed by atoms with E-state index in [0.29, 0.717) is 17.5 Å². The molecular weight excluding hydrogens is 685 g/mol. The highest BCUT2D eigenvalue weighted by molar-refractivity contribution is 6.19. The summed E-state index contributed by atoms with van der Waals surface area (Å²) in [5, 5.41) is 4.80. The minimum atomic E-state index is 0.558. The Balaban J connectivity index is 1.10. The third kappa shape index (κ3) is 5.27. The molecule has 0 spiro atoms. The van der Waals surface area contributed by atoms with Crippen LogP contribution < -0.4 is 0 Å². The van der Waals surface area contributed by atoms with Gasteiger partial charge in [0.05, 0.1) is 34.0 Å². The second-order valence-corrected chi connectivity index (χ2v) is 14.0. The Morgan fingerprint density at radius 2 is 0.732 bits per heavy atom. The quantitative estimate of drug-likeness (QED) is 0.172. The van der Waals surface area contributed by atoms with Gasteiger partial charge in [-0.25, -0.2) is 15.0 Å². The molecule has 0 unspecified atom stereocenters. The van der Waals surface area contributed by atoms with E-state index in [1.165, 1.54) is 27.1 Å². The molecule has 6 heteroatoms. The van der Waals surface area contributed by atoms with Crippen LogP contribution in [-0.2, 0) is 0 Å². The summed E-state index contributed by atoms with van der Waals surface area (Å²) in [6, 6.07) is 63.5. The van der Waals surface area contributed by atoms with Crippen LogP contribution in [0.3, 0.4) is 0 Å². The van der Waals surface area contributed by atoms with E-state index in [9.17, 15) is 0 Å². The van der Waals surface area contributed by atoms with Crippen molar-refractivity contribution >= 4 is 43.6 Å². The van der Waals surface area contributed by atoms with E-state index in [1.54, 1.807) is 0 Å². The van der Waals surface area contributed by atoms with Gasteiger partial charge in [-0.2, -0.15) is 0 Å². The molecule has 0 saturated heterocycles. The molecule has 4 aromatic heterocycles. The van der Waals surface area contributed by atoms with Crippen molar-refractivity contribution < 1.29 is 0 Å². The van der Waals surface area contributed by atoms with E-state index < -0.39 is 0 Å². The fourth-order valence-corrected chi connectivity index (χ4v) is 8.03. The molecule has 0 atom stereocenters. The molecule has 0 N–H and O–H groups in total. The van der Waals surface area contributed by atoms with E-state index in [-0.39, 0.29) is 0 Å². The fraction of sp³-hybridized carbons (Fsp3) is 0. The first-order valence-electron chi connectivity index (χ1n) is 18.7. The summed E-state index contributed by atoms with van der Waals surface area (Å²) in [6.45, 7) is 0. The highest BCUT2D eigenvalue weighted by Gasteiger charge is 2.20. The number of aromatic nitrogens is 6. The van der Waals surface area contributed by atoms with Crippen molar-refractivity contribution in [3.05, 3.63) is 194 Å². The van der Waals surface area contributed by atoms with Gasteiger partial charge in [0, 0.05) is 50.1 Å². The number of para-hydroxylation sites is 3. The molecule has 262 valence electrons. The molecule has 0 saturated carbocycles. The summed E-state index contributed by atoms with van der Waals surface area (Å²) in [5.41, 5.74) is 11.5. The molecular formula is C50H32N6. The topological polar surface area (TPSA) is 61.4 Å². The predicted octanol–water partition coefficient (Wildman–Crippen LogP) is 12.1. The molecule has 0 radical (unpaired) electrons. The number of hydrogen-bond acceptors (Lipinski definition) is 4. The number of nitrogens with zero attached hydrogens (tertiary/aromatic N) is 6. The highest BCUT2D eigenvalue weighted by atomic mass is 15.0. The zero-order valence-corrected chi connectivity index (χ0v) is 30.2. The van der Waals surface area contributed by atoms with Gasteiger partial charge in [0.15, 0.2) is 17.5 Å². The third-order valence-electron chi connectivity index (χ3n) is 10.6. The van der Waals surface area contributed by atoms with Crippen LogP contribution in [0.5, 0.6) is 0 Å². The molecule has 6 nitrogen and oxygen atoms in total. The highest BCUT2D eigenvalue weighted by Crippen LogP contribution is 2.40. The van der Waals surface area contributed by atoms with Gasteiger partial charge in [0.1, 0.15) is 0 Å². The van der Waals surface area contributed by atoms with Crippen LogP contribution in [-0.4, -0.2) is 29.1 Å². The number of hydrogen-bond donors (Lipinski definition) is 0. The largest absolute Gasteiger partial charge is 0.309 e. The molecule has 0 amide bonds. The third-order valence-corrected chi connectivity index (χ3v) is 10.6. The first kappa shape index (κ1) is 31.8. The molecule has 0 aliphatic heterocycles. The molecule has 0 bridgehead atoms. The second-order valence-electron chi connectivity index (χ2n) is 14.0. The maximum Gasteiger partial charge on any atom is 0.165 e. The summed E-state index contributed by atoms with van der Waals surface area (Å²) < 4.78 is 4.68. The number of benzene rings is 7. The van der Waals surface area contributed by atoms with Gasteiger partial charge in [0.2, 0.25) is 0 Å². The number of rotatable bonds is 6. The van der Waals surface area contributed by atoms with Crippen LogP contribution in [0.25, 0.3) is 100 Å². The Labute approximate surface area is 322 Å². The average Bonchev–Trinajstić information content (AvgIpc) is 3.78. The Hall–Kier alpha value is -7.70. The fourth-order valence-electron chi connectivity index (χ4n) is 8.03. The minimum absolute atomic E-state index is 0.558. The van der Waals surface area contributed by atoms with Crippen LogP contribution in [0, 0.1) is 0 Å². The summed E-state index contributed by atoms with van der Waals surface area (Å²) in [5.74, 6) is 1.77. The van der Waals surface area contributed by atoms with Crippen LogP contribution in [0.1, 0.15) is 0 Å². The van der Waals surface area contributed by atoms with Crippen molar-refractivity contribution in [3.8, 4) is 56.7 Å². The lowest BCUT2D eigenvalue weighted by Gasteiger charge is -2.12. The van der Waals surface area contributed by atoms with Gasteiger partial charge in [-0.05, 0) is 53.6 Å². The molecule has 11 rings (SSSR count). The van der Waals surface area contributed by atoms with Crippen molar-refractivity contribution in [2.45, 2.75) is 0 Å². The molecule has 56 heavy (non-hydrogen) atoms. The van der Waals surface area contributed by atoms with Crippen LogP contribution in [0.4, 0.5) is 0 Å². The van der Waals surface area contributed by atoms with Gasteiger partial charge in [-0.3, -0.25) is 4.98 Å². The van der Waals surface area contributed by atoms with E-state index in [2.05, 4.69) is 155 Å².